The fraction of sp³-hybridized carbons (Fsp3) is 0.158. The third-order valence-electron chi connectivity index (χ3n) is 4.21. The molecule has 0 aliphatic carbocycles. The monoisotopic (exact) mass is 391 g/mol. The number of halogens is 2. The van der Waals surface area contributed by atoms with Crippen LogP contribution in [0.2, 0.25) is 10.0 Å². The topological polar surface area (TPSA) is 90.4 Å². The van der Waals surface area contributed by atoms with Gasteiger partial charge in [0.05, 0.1) is 10.6 Å². The minimum Gasteiger partial charge on any atom is -0.481 e. The highest BCUT2D eigenvalue weighted by atomic mass is 35.5. The number of carbonyl (C=O) groups is 2. The smallest absolute Gasteiger partial charge is 0.335 e. The molecular formula is C19H15Cl2NO4. The first-order valence-corrected chi connectivity index (χ1v) is 8.64. The number of nitrogens with one attached hydrogen (secondary N) is 1. The Hall–Kier alpha value is -2.50. The molecule has 1 aromatic heterocycles. The summed E-state index contributed by atoms with van der Waals surface area (Å²) in [5, 5.41) is 20.1. The van der Waals surface area contributed by atoms with Gasteiger partial charge in [0.15, 0.2) is 0 Å². The first-order chi connectivity index (χ1) is 12.4. The van der Waals surface area contributed by atoms with Crippen molar-refractivity contribution in [1.29, 1.82) is 0 Å². The molecule has 0 radical (unpaired) electrons. The summed E-state index contributed by atoms with van der Waals surface area (Å²) in [5.41, 5.74) is 3.04. The van der Waals surface area contributed by atoms with Gasteiger partial charge in [0, 0.05) is 34.5 Å². The number of hydrogen-bond donors (Lipinski definition) is 3. The van der Waals surface area contributed by atoms with Crippen LogP contribution >= 0.6 is 23.2 Å². The van der Waals surface area contributed by atoms with Crippen molar-refractivity contribution in [2.45, 2.75) is 19.3 Å². The quantitative estimate of drug-likeness (QED) is 0.563. The summed E-state index contributed by atoms with van der Waals surface area (Å²) >= 11 is 12.4. The van der Waals surface area contributed by atoms with Gasteiger partial charge < -0.3 is 15.2 Å². The van der Waals surface area contributed by atoms with Crippen LogP contribution in [0.15, 0.2) is 36.4 Å². The fourth-order valence-corrected chi connectivity index (χ4v) is 3.71. The first kappa shape index (κ1) is 18.3. The third-order valence-corrected chi connectivity index (χ3v) is 4.73. The zero-order chi connectivity index (χ0) is 18.8. The predicted molar refractivity (Wildman–Crippen MR) is 100 cm³/mol. The summed E-state index contributed by atoms with van der Waals surface area (Å²) in [5.74, 6) is -1.92. The molecule has 0 atom stereocenters. The molecule has 0 aliphatic rings. The van der Waals surface area contributed by atoms with E-state index in [0.29, 0.717) is 27.5 Å². The Kier molecular flexibility index (Phi) is 5.20. The van der Waals surface area contributed by atoms with Crippen LogP contribution in [0.25, 0.3) is 10.9 Å². The van der Waals surface area contributed by atoms with Crippen LogP contribution in [0.1, 0.15) is 33.6 Å². The molecule has 0 unspecified atom stereocenters. The normalized spacial score (nSPS) is 11.0. The van der Waals surface area contributed by atoms with Crippen molar-refractivity contribution in [2.75, 3.05) is 0 Å². The summed E-state index contributed by atoms with van der Waals surface area (Å²) in [4.78, 5) is 25.7. The second-order valence-electron chi connectivity index (χ2n) is 5.93. The Morgan fingerprint density at radius 1 is 1.08 bits per heavy atom. The maximum Gasteiger partial charge on any atom is 0.335 e. The van der Waals surface area contributed by atoms with Crippen LogP contribution in [0, 0.1) is 0 Å². The summed E-state index contributed by atoms with van der Waals surface area (Å²) in [7, 11) is 0. The molecule has 7 heteroatoms. The molecule has 0 bridgehead atoms. The van der Waals surface area contributed by atoms with Gasteiger partial charge in [-0.3, -0.25) is 4.79 Å². The van der Waals surface area contributed by atoms with Gasteiger partial charge in [-0.1, -0.05) is 41.4 Å². The lowest BCUT2D eigenvalue weighted by molar-refractivity contribution is -0.136. The summed E-state index contributed by atoms with van der Waals surface area (Å²) in [6, 6.07) is 10.1. The molecule has 3 rings (SSSR count). The average Bonchev–Trinajstić information content (AvgIpc) is 2.90. The molecule has 3 aromatic rings. The van der Waals surface area contributed by atoms with Crippen molar-refractivity contribution < 1.29 is 19.8 Å². The fourth-order valence-electron chi connectivity index (χ4n) is 3.10. The van der Waals surface area contributed by atoms with Gasteiger partial charge in [-0.05, 0) is 35.7 Å². The molecule has 0 aliphatic heterocycles. The SMILES string of the molecule is O=C(O)CCc1c(Cc2ccccc2C(=O)O)[nH]c2cc(Cl)cc(Cl)c12. The first-order valence-electron chi connectivity index (χ1n) is 7.88. The lowest BCUT2D eigenvalue weighted by atomic mass is 9.98. The lowest BCUT2D eigenvalue weighted by Crippen LogP contribution is -2.05. The van der Waals surface area contributed by atoms with Crippen LogP contribution in [0.4, 0.5) is 0 Å². The van der Waals surface area contributed by atoms with Gasteiger partial charge in [-0.25, -0.2) is 4.79 Å². The average molecular weight is 392 g/mol. The van der Waals surface area contributed by atoms with E-state index < -0.39 is 11.9 Å². The van der Waals surface area contributed by atoms with Gasteiger partial charge in [0.25, 0.3) is 0 Å². The molecule has 134 valence electrons. The number of aromatic nitrogens is 1. The van der Waals surface area contributed by atoms with Gasteiger partial charge in [-0.2, -0.15) is 0 Å². The maximum absolute atomic E-state index is 11.5. The van der Waals surface area contributed by atoms with Crippen LogP contribution in [0.3, 0.4) is 0 Å². The van der Waals surface area contributed by atoms with Gasteiger partial charge >= 0.3 is 11.9 Å². The number of aryl methyl sites for hydroxylation is 1. The van der Waals surface area contributed by atoms with Crippen molar-refractivity contribution in [2.24, 2.45) is 0 Å². The van der Waals surface area contributed by atoms with E-state index in [2.05, 4.69) is 4.98 Å². The van der Waals surface area contributed by atoms with Gasteiger partial charge in [0.1, 0.15) is 0 Å². The van der Waals surface area contributed by atoms with Crippen molar-refractivity contribution in [3.05, 3.63) is 68.8 Å². The van der Waals surface area contributed by atoms with Gasteiger partial charge in [0.2, 0.25) is 0 Å². The minimum absolute atomic E-state index is 0.0561. The molecule has 26 heavy (non-hydrogen) atoms. The molecule has 3 N–H and O–H groups in total. The van der Waals surface area contributed by atoms with Crippen LogP contribution in [0.5, 0.6) is 0 Å². The number of H-pyrrole nitrogens is 1. The van der Waals surface area contributed by atoms with E-state index in [9.17, 15) is 14.7 Å². The number of carboxylic acids is 2. The van der Waals surface area contributed by atoms with E-state index in [1.807, 2.05) is 0 Å². The van der Waals surface area contributed by atoms with E-state index in [4.69, 9.17) is 28.3 Å². The lowest BCUT2D eigenvalue weighted by Gasteiger charge is -2.08. The maximum atomic E-state index is 11.5. The molecular weight excluding hydrogens is 377 g/mol. The number of aromatic carboxylic acids is 1. The number of benzene rings is 2. The third kappa shape index (κ3) is 3.69. The molecule has 1 heterocycles. The minimum atomic E-state index is -1.01. The summed E-state index contributed by atoms with van der Waals surface area (Å²) < 4.78 is 0. The molecule has 0 fully saturated rings. The van der Waals surface area contributed by atoms with Crippen LogP contribution in [-0.4, -0.2) is 27.1 Å². The van der Waals surface area contributed by atoms with E-state index >= 15 is 0 Å². The van der Waals surface area contributed by atoms with Crippen molar-refractivity contribution in [1.82, 2.24) is 4.98 Å². The predicted octanol–water partition coefficient (Wildman–Crippen LogP) is 4.78. The number of aromatic amines is 1. The highest BCUT2D eigenvalue weighted by Crippen LogP contribution is 2.34. The molecule has 2 aromatic carbocycles. The van der Waals surface area contributed by atoms with E-state index in [-0.39, 0.29) is 18.4 Å². The molecule has 0 saturated heterocycles. The number of rotatable bonds is 6. The number of fused-ring (bicyclic) bond motifs is 1. The van der Waals surface area contributed by atoms with Crippen molar-refractivity contribution in [3.63, 3.8) is 0 Å². The Balaban J connectivity index is 2.13. The zero-order valence-electron chi connectivity index (χ0n) is 13.6. The van der Waals surface area contributed by atoms with E-state index in [0.717, 1.165) is 16.6 Å². The van der Waals surface area contributed by atoms with E-state index in [1.165, 1.54) is 0 Å². The Labute approximate surface area is 159 Å². The standard InChI is InChI=1S/C19H15Cl2NO4/c20-11-8-14(21)18-13(5-6-17(23)24)15(22-16(18)9-11)7-10-3-1-2-4-12(10)19(25)26/h1-4,8-9,22H,5-7H2,(H,23,24)(H,25,26). The zero-order valence-corrected chi connectivity index (χ0v) is 15.1. The van der Waals surface area contributed by atoms with E-state index in [1.54, 1.807) is 36.4 Å². The highest BCUT2D eigenvalue weighted by Gasteiger charge is 2.18. The Morgan fingerprint density at radius 3 is 2.50 bits per heavy atom. The Bertz CT molecular complexity index is 1010. The van der Waals surface area contributed by atoms with Gasteiger partial charge in [-0.15, -0.1) is 0 Å². The second kappa shape index (κ2) is 7.40. The Morgan fingerprint density at radius 2 is 1.81 bits per heavy atom. The number of hydrogen-bond acceptors (Lipinski definition) is 2. The second-order valence-corrected chi connectivity index (χ2v) is 6.77. The molecule has 0 saturated carbocycles. The van der Waals surface area contributed by atoms with Crippen molar-refractivity contribution in [3.8, 4) is 0 Å². The summed E-state index contributed by atoms with van der Waals surface area (Å²) in [6.45, 7) is 0. The molecule has 5 nitrogen and oxygen atoms in total. The van der Waals surface area contributed by atoms with Crippen LogP contribution < -0.4 is 0 Å². The molecule has 0 spiro atoms. The molecule has 0 amide bonds. The highest BCUT2D eigenvalue weighted by molar-refractivity contribution is 6.38. The van der Waals surface area contributed by atoms with Crippen molar-refractivity contribution >= 4 is 46.0 Å². The largest absolute Gasteiger partial charge is 0.481 e. The number of aliphatic carboxylic acids is 1. The number of carboxylic acid groups (broad SMARTS) is 2. The summed E-state index contributed by atoms with van der Waals surface area (Å²) in [6.07, 6.45) is 0.542. The van der Waals surface area contributed by atoms with Crippen LogP contribution in [-0.2, 0) is 17.6 Å².